The summed E-state index contributed by atoms with van der Waals surface area (Å²) < 4.78 is 5.30. The van der Waals surface area contributed by atoms with Crippen molar-refractivity contribution in [1.29, 1.82) is 0 Å². The highest BCUT2D eigenvalue weighted by Crippen LogP contribution is 2.40. The van der Waals surface area contributed by atoms with Crippen molar-refractivity contribution in [3.63, 3.8) is 0 Å². The first-order valence-electron chi connectivity index (χ1n) is 10.8. The molecule has 0 spiro atoms. The molecule has 3 aromatic rings. The van der Waals surface area contributed by atoms with Crippen molar-refractivity contribution in [2.24, 2.45) is 5.92 Å². The maximum atomic E-state index is 12.9. The lowest BCUT2D eigenvalue weighted by molar-refractivity contribution is 0.0526. The highest BCUT2D eigenvalue weighted by atomic mass is 32.1. The van der Waals surface area contributed by atoms with Crippen LogP contribution in [0, 0.1) is 5.92 Å². The zero-order valence-electron chi connectivity index (χ0n) is 17.9. The number of esters is 1. The van der Waals surface area contributed by atoms with Gasteiger partial charge in [-0.05, 0) is 67.3 Å². The number of hydrogen-bond donors (Lipinski definition) is 1. The van der Waals surface area contributed by atoms with Gasteiger partial charge in [0.25, 0.3) is 5.91 Å². The molecule has 1 atom stereocenters. The molecule has 1 amide bonds. The third-order valence-electron chi connectivity index (χ3n) is 5.68. The Morgan fingerprint density at radius 1 is 1.06 bits per heavy atom. The molecule has 1 aromatic heterocycles. The van der Waals surface area contributed by atoms with E-state index in [2.05, 4.69) is 24.4 Å². The summed E-state index contributed by atoms with van der Waals surface area (Å²) in [6.07, 6.45) is 3.72. The number of benzene rings is 2. The smallest absolute Gasteiger partial charge is 0.341 e. The van der Waals surface area contributed by atoms with Crippen molar-refractivity contribution >= 4 is 28.2 Å². The Bertz CT molecular complexity index is 1070. The molecular weight excluding hydrogens is 406 g/mol. The largest absolute Gasteiger partial charge is 0.462 e. The molecule has 0 bridgehead atoms. The molecule has 2 aromatic carbocycles. The Hall–Kier alpha value is -2.92. The number of rotatable bonds is 6. The SMILES string of the molecule is CCOC(=O)c1c(NC(=O)c2ccc(Cc3ccccc3)cc2)sc2c1CC(C)CC2. The van der Waals surface area contributed by atoms with Crippen LogP contribution in [0.1, 0.15) is 62.6 Å². The molecule has 31 heavy (non-hydrogen) atoms. The minimum absolute atomic E-state index is 0.205. The number of amides is 1. The summed E-state index contributed by atoms with van der Waals surface area (Å²) in [7, 11) is 0. The van der Waals surface area contributed by atoms with Crippen LogP contribution in [0.4, 0.5) is 5.00 Å². The Balaban J connectivity index is 1.53. The van der Waals surface area contributed by atoms with E-state index in [9.17, 15) is 9.59 Å². The fourth-order valence-electron chi connectivity index (χ4n) is 4.05. The van der Waals surface area contributed by atoms with E-state index in [1.54, 1.807) is 6.92 Å². The molecule has 1 unspecified atom stereocenters. The lowest BCUT2D eigenvalue weighted by Crippen LogP contribution is -2.17. The molecule has 1 heterocycles. The number of carbonyl (C=O) groups is 2. The van der Waals surface area contributed by atoms with Crippen molar-refractivity contribution in [2.45, 2.75) is 39.5 Å². The van der Waals surface area contributed by atoms with Crippen LogP contribution in [0.3, 0.4) is 0 Å². The van der Waals surface area contributed by atoms with Crippen molar-refractivity contribution in [1.82, 2.24) is 0 Å². The summed E-state index contributed by atoms with van der Waals surface area (Å²) in [4.78, 5) is 26.8. The van der Waals surface area contributed by atoms with E-state index in [4.69, 9.17) is 4.74 Å². The number of ether oxygens (including phenoxy) is 1. The van der Waals surface area contributed by atoms with E-state index >= 15 is 0 Å². The average Bonchev–Trinajstić information content (AvgIpc) is 3.12. The normalized spacial score (nSPS) is 15.2. The zero-order valence-corrected chi connectivity index (χ0v) is 18.8. The van der Waals surface area contributed by atoms with Crippen LogP contribution in [0.5, 0.6) is 0 Å². The van der Waals surface area contributed by atoms with Gasteiger partial charge in [0.15, 0.2) is 0 Å². The second-order valence-corrected chi connectivity index (χ2v) is 9.19. The Morgan fingerprint density at radius 2 is 1.77 bits per heavy atom. The summed E-state index contributed by atoms with van der Waals surface area (Å²) in [6.45, 7) is 4.31. The Kier molecular flexibility index (Phi) is 6.52. The zero-order chi connectivity index (χ0) is 21.8. The van der Waals surface area contributed by atoms with Gasteiger partial charge in [0, 0.05) is 10.4 Å². The van der Waals surface area contributed by atoms with Crippen molar-refractivity contribution in [2.75, 3.05) is 11.9 Å². The van der Waals surface area contributed by atoms with E-state index in [1.165, 1.54) is 21.8 Å². The molecule has 5 heteroatoms. The first-order valence-corrected chi connectivity index (χ1v) is 11.6. The van der Waals surface area contributed by atoms with Gasteiger partial charge in [-0.25, -0.2) is 4.79 Å². The summed E-state index contributed by atoms with van der Waals surface area (Å²) in [5, 5.41) is 3.59. The van der Waals surface area contributed by atoms with Crippen LogP contribution in [0.2, 0.25) is 0 Å². The standard InChI is InChI=1S/C26H27NO3S/c1-3-30-26(29)23-21-15-17(2)9-14-22(21)31-25(23)27-24(28)20-12-10-19(11-13-20)16-18-7-5-4-6-8-18/h4-8,10-13,17H,3,9,14-16H2,1-2H3,(H,27,28). The van der Waals surface area contributed by atoms with Crippen molar-refractivity contribution < 1.29 is 14.3 Å². The average molecular weight is 434 g/mol. The van der Waals surface area contributed by atoms with Gasteiger partial charge in [-0.2, -0.15) is 0 Å². The molecule has 1 aliphatic rings. The molecule has 160 valence electrons. The number of carbonyl (C=O) groups excluding carboxylic acids is 2. The van der Waals surface area contributed by atoms with Crippen LogP contribution in [-0.4, -0.2) is 18.5 Å². The third kappa shape index (κ3) is 4.88. The van der Waals surface area contributed by atoms with Gasteiger partial charge in [0.2, 0.25) is 0 Å². The Morgan fingerprint density at radius 3 is 2.48 bits per heavy atom. The second kappa shape index (κ2) is 9.48. The van der Waals surface area contributed by atoms with Crippen molar-refractivity contribution in [3.8, 4) is 0 Å². The van der Waals surface area contributed by atoms with E-state index in [0.717, 1.165) is 36.8 Å². The van der Waals surface area contributed by atoms with Gasteiger partial charge in [0.05, 0.1) is 12.2 Å². The van der Waals surface area contributed by atoms with Crippen LogP contribution >= 0.6 is 11.3 Å². The molecule has 1 aliphatic carbocycles. The predicted octanol–water partition coefficient (Wildman–Crippen LogP) is 5.89. The maximum Gasteiger partial charge on any atom is 0.341 e. The topological polar surface area (TPSA) is 55.4 Å². The van der Waals surface area contributed by atoms with E-state index in [0.29, 0.717) is 28.7 Å². The van der Waals surface area contributed by atoms with Gasteiger partial charge in [-0.15, -0.1) is 11.3 Å². The van der Waals surface area contributed by atoms with Crippen LogP contribution < -0.4 is 5.32 Å². The van der Waals surface area contributed by atoms with Gasteiger partial charge < -0.3 is 10.1 Å². The fraction of sp³-hybridized carbons (Fsp3) is 0.308. The highest BCUT2D eigenvalue weighted by Gasteiger charge is 2.29. The first-order chi connectivity index (χ1) is 15.0. The molecule has 1 N–H and O–H groups in total. The van der Waals surface area contributed by atoms with Crippen LogP contribution in [0.15, 0.2) is 54.6 Å². The molecule has 4 nitrogen and oxygen atoms in total. The fourth-order valence-corrected chi connectivity index (χ4v) is 5.27. The second-order valence-electron chi connectivity index (χ2n) is 8.09. The number of aryl methyl sites for hydroxylation is 1. The minimum Gasteiger partial charge on any atom is -0.462 e. The molecule has 0 saturated heterocycles. The maximum absolute atomic E-state index is 12.9. The Labute approximate surface area is 187 Å². The van der Waals surface area contributed by atoms with Crippen molar-refractivity contribution in [3.05, 3.63) is 87.3 Å². The van der Waals surface area contributed by atoms with Gasteiger partial charge >= 0.3 is 5.97 Å². The lowest BCUT2D eigenvalue weighted by Gasteiger charge is -2.18. The monoisotopic (exact) mass is 433 g/mol. The number of anilines is 1. The first kappa shape index (κ1) is 21.3. The lowest BCUT2D eigenvalue weighted by atomic mass is 9.88. The molecule has 0 saturated carbocycles. The molecule has 0 aliphatic heterocycles. The molecular formula is C26H27NO3S. The van der Waals surface area contributed by atoms with E-state index in [-0.39, 0.29) is 11.9 Å². The number of hydrogen-bond acceptors (Lipinski definition) is 4. The number of nitrogens with one attached hydrogen (secondary N) is 1. The summed E-state index contributed by atoms with van der Waals surface area (Å²) >= 11 is 1.51. The number of thiophene rings is 1. The number of fused-ring (bicyclic) bond motifs is 1. The van der Waals surface area contributed by atoms with Gasteiger partial charge in [0.1, 0.15) is 5.00 Å². The summed E-state index contributed by atoms with van der Waals surface area (Å²) in [5.74, 6) is -0.0259. The summed E-state index contributed by atoms with van der Waals surface area (Å²) in [5.41, 5.74) is 4.55. The van der Waals surface area contributed by atoms with Gasteiger partial charge in [-0.1, -0.05) is 49.4 Å². The molecule has 0 radical (unpaired) electrons. The van der Waals surface area contributed by atoms with E-state index in [1.807, 2.05) is 42.5 Å². The summed E-state index contributed by atoms with van der Waals surface area (Å²) in [6, 6.07) is 17.9. The van der Waals surface area contributed by atoms with Crippen LogP contribution in [-0.2, 0) is 24.0 Å². The third-order valence-corrected chi connectivity index (χ3v) is 6.89. The predicted molar refractivity (Wildman–Crippen MR) is 125 cm³/mol. The minimum atomic E-state index is -0.345. The highest BCUT2D eigenvalue weighted by molar-refractivity contribution is 7.17. The van der Waals surface area contributed by atoms with Crippen LogP contribution in [0.25, 0.3) is 0 Å². The quantitative estimate of drug-likeness (QED) is 0.493. The molecule has 0 fully saturated rings. The van der Waals surface area contributed by atoms with Gasteiger partial charge in [-0.3, -0.25) is 4.79 Å². The molecule has 4 rings (SSSR count). The van der Waals surface area contributed by atoms with E-state index < -0.39 is 0 Å².